The summed E-state index contributed by atoms with van der Waals surface area (Å²) < 4.78 is 0. The van der Waals surface area contributed by atoms with Gasteiger partial charge in [0.1, 0.15) is 5.69 Å². The van der Waals surface area contributed by atoms with Crippen molar-refractivity contribution in [3.05, 3.63) is 11.5 Å². The number of fused-ring (bicyclic) bond motifs is 4. The normalized spacial score (nSPS) is 20.4. The summed E-state index contributed by atoms with van der Waals surface area (Å²) in [5.41, 5.74) is 1.93. The summed E-state index contributed by atoms with van der Waals surface area (Å²) in [5.74, 6) is 0.851. The second kappa shape index (κ2) is 4.92. The third-order valence-electron chi connectivity index (χ3n) is 3.76. The van der Waals surface area contributed by atoms with Crippen LogP contribution in [0.15, 0.2) is 0 Å². The fourth-order valence-electron chi connectivity index (χ4n) is 2.97. The number of nitrogens with zero attached hydrogens (tertiary/aromatic N) is 3. The Morgan fingerprint density at radius 1 is 1.45 bits per heavy atom. The van der Waals surface area contributed by atoms with Crippen molar-refractivity contribution in [2.75, 3.05) is 23.3 Å². The average molecular weight is 275 g/mol. The standard InChI is InChI=1S/C14H21N5O/c1-8(2)15-14(20)13-16-9(3)11-12(18-13)17-10-5-4-6-19(11)7-10/h8,10H,4-7H2,1-3H3,(H,15,20)(H,16,17,18)/t10-/m0/s1. The van der Waals surface area contributed by atoms with Crippen molar-refractivity contribution in [3.8, 4) is 0 Å². The molecular weight excluding hydrogens is 254 g/mol. The van der Waals surface area contributed by atoms with Crippen molar-refractivity contribution >= 4 is 17.4 Å². The molecule has 20 heavy (non-hydrogen) atoms. The van der Waals surface area contributed by atoms with Gasteiger partial charge in [0.15, 0.2) is 5.82 Å². The minimum atomic E-state index is -0.210. The molecule has 0 radical (unpaired) electrons. The van der Waals surface area contributed by atoms with Crippen LogP contribution in [0.5, 0.6) is 0 Å². The van der Waals surface area contributed by atoms with Gasteiger partial charge in [0.05, 0.1) is 5.69 Å². The molecule has 0 spiro atoms. The number of amides is 1. The van der Waals surface area contributed by atoms with Crippen LogP contribution in [0, 0.1) is 6.92 Å². The van der Waals surface area contributed by atoms with Gasteiger partial charge in [0.25, 0.3) is 5.91 Å². The van der Waals surface area contributed by atoms with Crippen LogP contribution in [0.25, 0.3) is 0 Å². The van der Waals surface area contributed by atoms with E-state index in [1.807, 2.05) is 20.8 Å². The third-order valence-corrected chi connectivity index (χ3v) is 3.76. The first-order valence-corrected chi connectivity index (χ1v) is 7.25. The highest BCUT2D eigenvalue weighted by Crippen LogP contribution is 2.35. The van der Waals surface area contributed by atoms with Crippen molar-refractivity contribution in [2.24, 2.45) is 0 Å². The molecule has 2 bridgehead atoms. The van der Waals surface area contributed by atoms with E-state index in [-0.39, 0.29) is 17.8 Å². The number of hydrogen-bond donors (Lipinski definition) is 2. The topological polar surface area (TPSA) is 70.2 Å². The Labute approximate surface area is 119 Å². The SMILES string of the molecule is Cc1nc(C(=O)NC(C)C)nc2c1N1CCC[C@@H](C1)N2. The number of rotatable bonds is 2. The molecule has 3 heterocycles. The number of aryl methyl sites for hydroxylation is 1. The Hall–Kier alpha value is -1.85. The maximum absolute atomic E-state index is 12.1. The quantitative estimate of drug-likeness (QED) is 0.852. The summed E-state index contributed by atoms with van der Waals surface area (Å²) in [7, 11) is 0. The highest BCUT2D eigenvalue weighted by molar-refractivity contribution is 5.92. The lowest BCUT2D eigenvalue weighted by Gasteiger charge is -2.41. The van der Waals surface area contributed by atoms with Crippen LogP contribution in [0.4, 0.5) is 11.5 Å². The zero-order valence-corrected chi connectivity index (χ0v) is 12.2. The first kappa shape index (κ1) is 13.1. The summed E-state index contributed by atoms with van der Waals surface area (Å²) in [5, 5.41) is 6.28. The number of carbonyl (C=O) groups excluding carboxylic acids is 1. The van der Waals surface area contributed by atoms with Gasteiger partial charge in [0.2, 0.25) is 5.82 Å². The molecule has 1 aromatic rings. The van der Waals surface area contributed by atoms with E-state index in [0.29, 0.717) is 6.04 Å². The van der Waals surface area contributed by atoms with Crippen LogP contribution in [0.3, 0.4) is 0 Å². The van der Waals surface area contributed by atoms with E-state index in [4.69, 9.17) is 0 Å². The molecule has 3 rings (SSSR count). The van der Waals surface area contributed by atoms with Crippen LogP contribution in [0.1, 0.15) is 43.0 Å². The Bertz CT molecular complexity index is 543. The van der Waals surface area contributed by atoms with Crippen molar-refractivity contribution < 1.29 is 4.79 Å². The second-order valence-electron chi connectivity index (χ2n) is 5.89. The van der Waals surface area contributed by atoms with Crippen LogP contribution >= 0.6 is 0 Å². The number of anilines is 2. The largest absolute Gasteiger partial charge is 0.365 e. The van der Waals surface area contributed by atoms with Gasteiger partial charge in [-0.1, -0.05) is 0 Å². The minimum absolute atomic E-state index is 0.0820. The van der Waals surface area contributed by atoms with E-state index in [2.05, 4.69) is 25.5 Å². The van der Waals surface area contributed by atoms with Gasteiger partial charge in [-0.25, -0.2) is 9.97 Å². The van der Waals surface area contributed by atoms with Crippen LogP contribution < -0.4 is 15.5 Å². The zero-order chi connectivity index (χ0) is 14.3. The Morgan fingerprint density at radius 3 is 3.00 bits per heavy atom. The third kappa shape index (κ3) is 2.30. The lowest BCUT2D eigenvalue weighted by atomic mass is 10.0. The molecule has 1 amide bonds. The molecular formula is C14H21N5O. The monoisotopic (exact) mass is 275 g/mol. The number of carbonyl (C=O) groups is 1. The van der Waals surface area contributed by atoms with Crippen molar-refractivity contribution in [1.29, 1.82) is 0 Å². The number of hydrogen-bond acceptors (Lipinski definition) is 5. The van der Waals surface area contributed by atoms with E-state index in [1.165, 1.54) is 6.42 Å². The van der Waals surface area contributed by atoms with Gasteiger partial charge in [-0.15, -0.1) is 0 Å². The maximum Gasteiger partial charge on any atom is 0.289 e. The number of piperidine rings is 1. The summed E-state index contributed by atoms with van der Waals surface area (Å²) >= 11 is 0. The molecule has 0 aliphatic carbocycles. The molecule has 1 atom stereocenters. The van der Waals surface area contributed by atoms with Crippen molar-refractivity contribution in [2.45, 2.75) is 45.7 Å². The van der Waals surface area contributed by atoms with Crippen molar-refractivity contribution in [3.63, 3.8) is 0 Å². The summed E-state index contributed by atoms with van der Waals surface area (Å²) in [6, 6.07) is 0.519. The molecule has 6 nitrogen and oxygen atoms in total. The molecule has 1 aromatic heterocycles. The highest BCUT2D eigenvalue weighted by Gasteiger charge is 2.31. The smallest absolute Gasteiger partial charge is 0.289 e. The van der Waals surface area contributed by atoms with E-state index in [0.717, 1.165) is 36.7 Å². The molecule has 108 valence electrons. The van der Waals surface area contributed by atoms with E-state index in [1.54, 1.807) is 0 Å². The summed E-state index contributed by atoms with van der Waals surface area (Å²) in [4.78, 5) is 23.2. The van der Waals surface area contributed by atoms with Gasteiger partial charge in [-0.3, -0.25) is 4.79 Å². The maximum atomic E-state index is 12.1. The lowest BCUT2D eigenvalue weighted by Crippen LogP contribution is -2.47. The molecule has 1 saturated heterocycles. The summed E-state index contributed by atoms with van der Waals surface area (Å²) in [6.07, 6.45) is 2.35. The van der Waals surface area contributed by atoms with E-state index < -0.39 is 0 Å². The molecule has 0 unspecified atom stereocenters. The van der Waals surface area contributed by atoms with Crippen molar-refractivity contribution in [1.82, 2.24) is 15.3 Å². The lowest BCUT2D eigenvalue weighted by molar-refractivity contribution is 0.0932. The number of aromatic nitrogens is 2. The number of nitrogens with one attached hydrogen (secondary N) is 2. The van der Waals surface area contributed by atoms with Crippen LogP contribution in [0.2, 0.25) is 0 Å². The fourth-order valence-corrected chi connectivity index (χ4v) is 2.97. The van der Waals surface area contributed by atoms with Crippen LogP contribution in [-0.2, 0) is 0 Å². The molecule has 0 saturated carbocycles. The predicted molar refractivity (Wildman–Crippen MR) is 78.2 cm³/mol. The van der Waals surface area contributed by atoms with Gasteiger partial charge in [0, 0.05) is 25.2 Å². The Balaban J connectivity index is 1.96. The molecule has 2 aliphatic rings. The fraction of sp³-hybridized carbons (Fsp3) is 0.643. The first-order valence-electron chi connectivity index (χ1n) is 7.25. The first-order chi connectivity index (χ1) is 9.54. The van der Waals surface area contributed by atoms with Crippen LogP contribution in [-0.4, -0.2) is 41.0 Å². The molecule has 2 N–H and O–H groups in total. The highest BCUT2D eigenvalue weighted by atomic mass is 16.2. The molecule has 1 fully saturated rings. The van der Waals surface area contributed by atoms with E-state index >= 15 is 0 Å². The average Bonchev–Trinajstić information content (AvgIpc) is 2.37. The summed E-state index contributed by atoms with van der Waals surface area (Å²) in [6.45, 7) is 7.86. The molecule has 2 aliphatic heterocycles. The van der Waals surface area contributed by atoms with E-state index in [9.17, 15) is 4.79 Å². The molecule has 6 heteroatoms. The van der Waals surface area contributed by atoms with Gasteiger partial charge < -0.3 is 15.5 Å². The molecule has 0 aromatic carbocycles. The van der Waals surface area contributed by atoms with Gasteiger partial charge in [-0.05, 0) is 33.6 Å². The van der Waals surface area contributed by atoms with Gasteiger partial charge in [-0.2, -0.15) is 0 Å². The predicted octanol–water partition coefficient (Wildman–Crippen LogP) is 1.32. The Morgan fingerprint density at radius 2 is 2.25 bits per heavy atom. The van der Waals surface area contributed by atoms with Gasteiger partial charge >= 0.3 is 0 Å². The zero-order valence-electron chi connectivity index (χ0n) is 12.2. The Kier molecular flexibility index (Phi) is 3.23. The minimum Gasteiger partial charge on any atom is -0.365 e. The second-order valence-corrected chi connectivity index (χ2v) is 5.89.